The summed E-state index contributed by atoms with van der Waals surface area (Å²) in [5.74, 6) is 0.112. The largest absolute Gasteiger partial charge is 0.389 e. The molecule has 814 valence electrons. The van der Waals surface area contributed by atoms with Gasteiger partial charge in [0.25, 0.3) is 33.4 Å². The summed E-state index contributed by atoms with van der Waals surface area (Å²) in [6.45, 7) is 31.4. The van der Waals surface area contributed by atoms with Crippen LogP contribution in [0, 0.1) is 41.5 Å². The number of aliphatic hydroxyl groups is 10. The molecule has 19 heterocycles. The van der Waals surface area contributed by atoms with Crippen molar-refractivity contribution in [3.63, 3.8) is 0 Å². The fourth-order valence-corrected chi connectivity index (χ4v) is 24.7. The van der Waals surface area contributed by atoms with Crippen LogP contribution in [0.4, 0.5) is 4.39 Å². The van der Waals surface area contributed by atoms with Gasteiger partial charge in [-0.2, -0.15) is 0 Å². The van der Waals surface area contributed by atoms with Crippen molar-refractivity contribution >= 4 is 158 Å². The topological polar surface area (TPSA) is 648 Å². The molecule has 0 saturated carbocycles. The molecule has 16 N–H and O–H groups in total. The van der Waals surface area contributed by atoms with Crippen LogP contribution in [0.15, 0.2) is 66.7 Å². The number of aryl methyl sites for hydroxylation is 6. The lowest BCUT2D eigenvalue weighted by molar-refractivity contribution is -0.247. The summed E-state index contributed by atoms with van der Waals surface area (Å²) in [5.41, 5.74) is -2.31. The summed E-state index contributed by atoms with van der Waals surface area (Å²) >= 11 is 6.40. The number of aromatic amines is 6. The highest BCUT2D eigenvalue weighted by Crippen LogP contribution is 2.53. The van der Waals surface area contributed by atoms with E-state index in [0.717, 1.165) is 37.0 Å². The van der Waals surface area contributed by atoms with Crippen molar-refractivity contribution < 1.29 is 88.6 Å². The van der Waals surface area contributed by atoms with E-state index in [2.05, 4.69) is 207 Å². The summed E-state index contributed by atoms with van der Waals surface area (Å²) in [6.07, 6.45) is 25.0. The quantitative estimate of drug-likeness (QED) is 0.0233. The molecular weight excluding hydrogens is 2060 g/mol. The lowest BCUT2D eigenvalue weighted by Crippen LogP contribution is -2.46. The summed E-state index contributed by atoms with van der Waals surface area (Å²) < 4.78 is 65.2. The first-order valence-electron chi connectivity index (χ1n) is 48.0. The van der Waals surface area contributed by atoms with Gasteiger partial charge in [0.05, 0.1) is 74.6 Å². The maximum absolute atomic E-state index is 14.6. The van der Waals surface area contributed by atoms with Gasteiger partial charge in [-0.1, -0.05) is 0 Å². The molecule has 7 aliphatic heterocycles. The number of alkyl halides is 2. The minimum atomic E-state index is -2.53. The number of aromatic nitrogens is 24. The average molecular weight is 2200 g/mol. The molecule has 4 unspecified atom stereocenters. The number of H-pyrrole nitrogens is 6. The van der Waals surface area contributed by atoms with Crippen LogP contribution in [0.1, 0.15) is 125 Å². The number of fused-ring (bicyclic) bond motifs is 8. The van der Waals surface area contributed by atoms with Crippen LogP contribution >= 0.6 is 52.9 Å². The molecule has 7 saturated heterocycles. The lowest BCUT2D eigenvalue weighted by Gasteiger charge is -2.32. The van der Waals surface area contributed by atoms with Gasteiger partial charge in [0.1, 0.15) is 100 Å². The van der Waals surface area contributed by atoms with Gasteiger partial charge in [-0.05, 0) is 211 Å². The van der Waals surface area contributed by atoms with Crippen molar-refractivity contribution in [1.29, 1.82) is 0 Å². The maximum Gasteiger partial charge on any atom is 0.279 e. The standard InChI is InChI=1S/C16H23N4O4P.2C16H25N4O4P.C15H22ClN4O3P.C15H22FN4O3P.C15H23N4O5P/c1-9-18-13-10(14(22)19-9)17-8-20(13)15-11-12(21)16(24-15,7-23-11)5-6-25(2,3)4;1-9-18-13-10(14(23)19-9)17-8-20(13)15-11(21)12(22)16(2,24-15)6-7-25(3,4)5;1-9-18-13-11(14(22)19-9)17-8-20(13)15-16(2,23)12(21)10(24-15)6-7-25(3,4)5;2*1-8-18-13-11(14(22)19-8)17-7-20(13)15-10(16)12(21)9(23-15)5-6-24(2,3)4;1-8-17-12-10(13(21)18-8)16-7-19(12)14-15(22,23)11(20)9(24-14)5-6-25(2,3)4/h8,11-12,15,21H,2,5-7H2,1,3-4H3,(H,18,19,22);8,11-12,15,21-22H,3,6-7H2,1-2,4-5H3,(H,18,19,23);8,10,12,15,21,23H,3,6-7H2,1-2,4-5H3,(H,18,19,22);2*7,9-10,12,15,21H,2,5-6H2,1,3-4H3,(H,18,19,22);7,9,11,14,20,22-23H,2,5-6H2,1,3-4H3,(H,17,18,21)/t11-,12+,15-,16+;11-,12+,15-,16-;10?,12-,15-,16-;2*9?,10-,12-,15-;9?,11-,14-/m111111/s1. The molecule has 7 fully saturated rings. The van der Waals surface area contributed by atoms with Crippen molar-refractivity contribution in [1.82, 2.24) is 117 Å². The zero-order valence-electron chi connectivity index (χ0n) is 86.7. The van der Waals surface area contributed by atoms with Crippen LogP contribution in [0.3, 0.4) is 0 Å². The Morgan fingerprint density at radius 3 is 1.04 bits per heavy atom. The van der Waals surface area contributed by atoms with E-state index >= 15 is 0 Å². The molecule has 19 rings (SSSR count). The van der Waals surface area contributed by atoms with E-state index in [1.54, 1.807) is 57.6 Å². The number of aliphatic hydroxyl groups excluding tert-OH is 7. The third-order valence-electron chi connectivity index (χ3n) is 26.8. The van der Waals surface area contributed by atoms with Gasteiger partial charge < -0.3 is 114 Å². The van der Waals surface area contributed by atoms with Crippen molar-refractivity contribution in [2.75, 3.05) is 124 Å². The van der Waals surface area contributed by atoms with E-state index in [0.29, 0.717) is 103 Å². The van der Waals surface area contributed by atoms with Crippen LogP contribution < -0.4 is 33.4 Å². The van der Waals surface area contributed by atoms with Gasteiger partial charge in [0, 0.05) is 0 Å². The first-order chi connectivity index (χ1) is 68.6. The zero-order valence-corrected chi connectivity index (χ0v) is 92.8. The number of rotatable bonds is 24. The molecule has 0 radical (unpaired) electrons. The second-order valence-corrected chi connectivity index (χ2v) is 70.4. The fourth-order valence-electron chi connectivity index (χ4n) is 18.5. The van der Waals surface area contributed by atoms with Crippen LogP contribution in [0.25, 0.3) is 67.0 Å². The van der Waals surface area contributed by atoms with Crippen molar-refractivity contribution in [2.24, 2.45) is 0 Å². The summed E-state index contributed by atoms with van der Waals surface area (Å²) in [5, 5.41) is 104. The Morgan fingerprint density at radius 2 is 0.669 bits per heavy atom. The number of nitrogens with one attached hydrogen (secondary N) is 6. The van der Waals surface area contributed by atoms with E-state index in [1.807, 2.05) is 0 Å². The van der Waals surface area contributed by atoms with Crippen molar-refractivity contribution in [2.45, 2.75) is 239 Å². The second-order valence-electron chi connectivity index (χ2n) is 44.0. The Labute approximate surface area is 855 Å². The van der Waals surface area contributed by atoms with E-state index < -0.39 is 186 Å². The van der Waals surface area contributed by atoms with E-state index in [1.165, 1.54) is 63.2 Å². The smallest absolute Gasteiger partial charge is 0.279 e. The number of hydrogen-bond donors (Lipinski definition) is 16. The number of nitrogens with zero attached hydrogens (tertiary/aromatic N) is 18. The van der Waals surface area contributed by atoms with Crippen molar-refractivity contribution in [3.8, 4) is 0 Å². The molecule has 23 atom stereocenters. The fraction of sp³-hybridized carbons (Fsp3) is 0.613. The minimum Gasteiger partial charge on any atom is -0.389 e. The first kappa shape index (κ1) is 115. The van der Waals surface area contributed by atoms with Crippen LogP contribution in [0.5, 0.6) is 0 Å². The molecule has 0 spiro atoms. The van der Waals surface area contributed by atoms with Gasteiger partial charge in [-0.15, -0.1) is 90.7 Å². The van der Waals surface area contributed by atoms with E-state index in [-0.39, 0.29) is 78.3 Å². The summed E-state index contributed by atoms with van der Waals surface area (Å²) in [7, 11) is 0. The second kappa shape index (κ2) is 43.4. The number of halogens is 2. The van der Waals surface area contributed by atoms with Gasteiger partial charge in [0.2, 0.25) is 5.79 Å². The SMILES string of the molecule is C=P(C)(C)CCC1O[C@@H](n2cnc3c(=O)[nH]c(C)nc32)C(O)(O)[C@@H]1O.C=P(C)(C)CCC1O[C@@H](n2cnc3c(=O)[nH]c(C)nc32)[C@H](Cl)[C@@H]1O.C=P(C)(C)CCC1O[C@@H](n2cnc3c(=O)[nH]c(C)nc32)[C@H](F)[C@@H]1O.C=P(C)(C)CCC1O[C@@H](n2cnc3c(=O)[nH]c(C)nc32)[C@](C)(O)[C@@H]1O.C=P(C)(C)CC[C@@]1(C)O[C@@H](n2cnc3c(=O)[nH]c(C)nc32)[C@H](O)[C@@H]1O.C=P(C)(C)CC[C@@]12CO[C@@H]([C@H](n3cnc4c(=O)[nH]c(C)nc43)O1)[C@@H]2O. The van der Waals surface area contributed by atoms with Crippen molar-refractivity contribution in [3.05, 3.63) is 135 Å². The Hall–Kier alpha value is -8.56. The highest BCUT2D eigenvalue weighted by molar-refractivity contribution is 7.73. The Morgan fingerprint density at radius 1 is 0.372 bits per heavy atom. The molecule has 55 heteroatoms. The van der Waals surface area contributed by atoms with Crippen LogP contribution in [-0.2, 0) is 33.2 Å². The first-order valence-corrected chi connectivity index (χ1v) is 66.8. The molecule has 0 aliphatic carbocycles. The third kappa shape index (κ3) is 25.1. The summed E-state index contributed by atoms with van der Waals surface area (Å²) in [4.78, 5) is 137. The predicted molar refractivity (Wildman–Crippen MR) is 581 cm³/mol. The molecule has 148 heavy (non-hydrogen) atoms. The molecule has 12 aromatic rings. The monoisotopic (exact) mass is 2200 g/mol. The lowest BCUT2D eigenvalue weighted by atomic mass is 9.95. The Kier molecular flexibility index (Phi) is 33.7. The van der Waals surface area contributed by atoms with Crippen LogP contribution in [0.2, 0.25) is 0 Å². The molecular formula is C93H140ClFN24O23P6. The highest BCUT2D eigenvalue weighted by Gasteiger charge is 2.63. The minimum absolute atomic E-state index is 0.0627. The molecule has 12 aromatic heterocycles. The van der Waals surface area contributed by atoms with Gasteiger partial charge >= 0.3 is 0 Å². The molecule has 47 nitrogen and oxygen atoms in total. The molecule has 0 amide bonds. The number of hydrogen-bond acceptors (Lipinski definition) is 35. The molecule has 2 bridgehead atoms. The van der Waals surface area contributed by atoms with E-state index in [4.69, 9.17) is 44.8 Å². The Bertz CT molecular complexity index is 7240. The third-order valence-corrected chi connectivity index (χ3v) is 36.0. The number of ether oxygens (including phenoxy) is 7. The highest BCUT2D eigenvalue weighted by atomic mass is 35.5. The Balaban J connectivity index is 0.000000140. The maximum atomic E-state index is 14.6. The van der Waals surface area contributed by atoms with Crippen LogP contribution in [-0.4, -0.2) is 437 Å². The molecule has 0 aromatic carbocycles. The van der Waals surface area contributed by atoms with Gasteiger partial charge in [-0.3, -0.25) is 56.2 Å². The number of imidazole rings is 6. The zero-order chi connectivity index (χ0) is 109. The summed E-state index contributed by atoms with van der Waals surface area (Å²) in [6, 6.07) is 0. The normalized spacial score (nSPS) is 29.1. The van der Waals surface area contributed by atoms with E-state index in [9.17, 15) is 84.2 Å². The predicted octanol–water partition coefficient (Wildman–Crippen LogP) is 3.61. The average Bonchev–Trinajstić information content (AvgIpc) is 1.56. The van der Waals surface area contributed by atoms with Gasteiger partial charge in [-0.25, -0.2) is 64.2 Å². The van der Waals surface area contributed by atoms with Gasteiger partial charge in [0.15, 0.2) is 111 Å². The molecule has 7 aliphatic rings.